The van der Waals surface area contributed by atoms with Gasteiger partial charge in [0, 0.05) is 50.9 Å². The lowest BCUT2D eigenvalue weighted by molar-refractivity contribution is 0.0619. The molecule has 1 amide bonds. The lowest BCUT2D eigenvalue weighted by Gasteiger charge is -2.34. The molecule has 0 atom stereocenters. The minimum absolute atomic E-state index is 0.184. The van der Waals surface area contributed by atoms with Crippen molar-refractivity contribution in [3.8, 4) is 11.4 Å². The van der Waals surface area contributed by atoms with Crippen molar-refractivity contribution in [3.05, 3.63) is 87.1 Å². The molecule has 3 heterocycles. The number of ether oxygens (including phenoxy) is 1. The Hall–Kier alpha value is -3.52. The van der Waals surface area contributed by atoms with E-state index in [-0.39, 0.29) is 11.4 Å². The lowest BCUT2D eigenvalue weighted by Crippen LogP contribution is -2.49. The van der Waals surface area contributed by atoms with Crippen LogP contribution in [-0.2, 0) is 13.0 Å². The highest BCUT2D eigenvalue weighted by Crippen LogP contribution is 2.26. The molecule has 1 fully saturated rings. The standard InChI is InChI=1S/C25H25FN4O3/c1-17-14-22(31)24(27-30(17)21-5-3-2-4-20(21)26)25(32)29-11-9-28(10-12-29)16-18-6-7-23-19(15-18)8-13-33-23/h2-7,14-15H,8-13,16H2,1H3. The van der Waals surface area contributed by atoms with Gasteiger partial charge >= 0.3 is 0 Å². The quantitative estimate of drug-likeness (QED) is 0.614. The summed E-state index contributed by atoms with van der Waals surface area (Å²) < 4.78 is 21.2. The first-order chi connectivity index (χ1) is 16.0. The molecule has 2 aromatic carbocycles. The molecule has 7 nitrogen and oxygen atoms in total. The van der Waals surface area contributed by atoms with E-state index in [0.717, 1.165) is 25.3 Å². The summed E-state index contributed by atoms with van der Waals surface area (Å²) in [6, 6.07) is 13.8. The smallest absolute Gasteiger partial charge is 0.278 e. The molecule has 0 N–H and O–H groups in total. The van der Waals surface area contributed by atoms with Crippen LogP contribution in [0.15, 0.2) is 53.3 Å². The van der Waals surface area contributed by atoms with Gasteiger partial charge in [-0.2, -0.15) is 5.10 Å². The van der Waals surface area contributed by atoms with Gasteiger partial charge in [-0.05, 0) is 36.2 Å². The number of piperazine rings is 1. The third-order valence-electron chi connectivity index (χ3n) is 6.21. The highest BCUT2D eigenvalue weighted by atomic mass is 19.1. The summed E-state index contributed by atoms with van der Waals surface area (Å²) >= 11 is 0. The summed E-state index contributed by atoms with van der Waals surface area (Å²) in [5.41, 5.74) is 2.51. The van der Waals surface area contributed by atoms with Crippen molar-refractivity contribution >= 4 is 5.91 Å². The number of amides is 1. The van der Waals surface area contributed by atoms with Gasteiger partial charge in [-0.1, -0.05) is 24.3 Å². The molecule has 2 aliphatic rings. The van der Waals surface area contributed by atoms with E-state index in [1.54, 1.807) is 30.0 Å². The third kappa shape index (κ3) is 4.26. The zero-order valence-corrected chi connectivity index (χ0v) is 18.5. The molecule has 0 radical (unpaired) electrons. The number of para-hydroxylation sites is 1. The number of aryl methyl sites for hydroxylation is 1. The molecule has 0 bridgehead atoms. The summed E-state index contributed by atoms with van der Waals surface area (Å²) in [4.78, 5) is 29.6. The Balaban J connectivity index is 1.29. The SMILES string of the molecule is Cc1cc(=O)c(C(=O)N2CCN(Cc3ccc4c(c3)CCO4)CC2)nn1-c1ccccc1F. The zero-order valence-electron chi connectivity index (χ0n) is 18.5. The number of hydrogen-bond acceptors (Lipinski definition) is 5. The summed E-state index contributed by atoms with van der Waals surface area (Å²) in [6.45, 7) is 5.62. The van der Waals surface area contributed by atoms with E-state index in [2.05, 4.69) is 22.1 Å². The fourth-order valence-corrected chi connectivity index (χ4v) is 4.42. The number of benzene rings is 2. The number of carbonyl (C=O) groups excluding carboxylic acids is 1. The van der Waals surface area contributed by atoms with Crippen LogP contribution in [0.4, 0.5) is 4.39 Å². The summed E-state index contributed by atoms with van der Waals surface area (Å²) in [7, 11) is 0. The minimum atomic E-state index is -0.470. The van der Waals surface area contributed by atoms with Gasteiger partial charge in [-0.3, -0.25) is 14.5 Å². The van der Waals surface area contributed by atoms with Crippen LogP contribution in [0.5, 0.6) is 5.75 Å². The Morgan fingerprint density at radius 3 is 2.67 bits per heavy atom. The van der Waals surface area contributed by atoms with Crippen LogP contribution in [0.3, 0.4) is 0 Å². The predicted molar refractivity (Wildman–Crippen MR) is 121 cm³/mol. The van der Waals surface area contributed by atoms with E-state index >= 15 is 0 Å². The molecule has 1 aromatic heterocycles. The molecule has 8 heteroatoms. The monoisotopic (exact) mass is 448 g/mol. The molecule has 5 rings (SSSR count). The maximum atomic E-state index is 14.3. The van der Waals surface area contributed by atoms with E-state index < -0.39 is 17.2 Å². The first kappa shape index (κ1) is 21.3. The van der Waals surface area contributed by atoms with Crippen LogP contribution >= 0.6 is 0 Å². The maximum Gasteiger partial charge on any atom is 0.278 e. The Morgan fingerprint density at radius 2 is 1.88 bits per heavy atom. The average molecular weight is 448 g/mol. The molecule has 170 valence electrons. The van der Waals surface area contributed by atoms with E-state index in [1.165, 1.54) is 27.9 Å². The van der Waals surface area contributed by atoms with Crippen LogP contribution < -0.4 is 10.2 Å². The van der Waals surface area contributed by atoms with Crippen LogP contribution in [0.2, 0.25) is 0 Å². The van der Waals surface area contributed by atoms with Gasteiger partial charge in [-0.15, -0.1) is 0 Å². The summed E-state index contributed by atoms with van der Waals surface area (Å²) in [5, 5.41) is 4.25. The molecular weight excluding hydrogens is 423 g/mol. The van der Waals surface area contributed by atoms with Gasteiger partial charge in [0.1, 0.15) is 17.3 Å². The second kappa shape index (κ2) is 8.78. The number of halogens is 1. The number of fused-ring (bicyclic) bond motifs is 1. The second-order valence-electron chi connectivity index (χ2n) is 8.47. The van der Waals surface area contributed by atoms with Crippen molar-refractivity contribution in [3.63, 3.8) is 0 Å². The number of rotatable bonds is 4. The second-order valence-corrected chi connectivity index (χ2v) is 8.47. The first-order valence-corrected chi connectivity index (χ1v) is 11.1. The highest BCUT2D eigenvalue weighted by Gasteiger charge is 2.26. The van der Waals surface area contributed by atoms with Gasteiger partial charge < -0.3 is 9.64 Å². The minimum Gasteiger partial charge on any atom is -0.493 e. The molecule has 33 heavy (non-hydrogen) atoms. The largest absolute Gasteiger partial charge is 0.493 e. The van der Waals surface area contributed by atoms with Crippen molar-refractivity contribution in [1.29, 1.82) is 0 Å². The molecule has 0 saturated carbocycles. The predicted octanol–water partition coefficient (Wildman–Crippen LogP) is 2.57. The fraction of sp³-hybridized carbons (Fsp3) is 0.320. The number of carbonyl (C=O) groups is 1. The first-order valence-electron chi connectivity index (χ1n) is 11.1. The van der Waals surface area contributed by atoms with Crippen molar-refractivity contribution in [2.75, 3.05) is 32.8 Å². The number of hydrogen-bond donors (Lipinski definition) is 0. The maximum absolute atomic E-state index is 14.3. The van der Waals surface area contributed by atoms with Crippen molar-refractivity contribution in [1.82, 2.24) is 19.6 Å². The molecule has 1 saturated heterocycles. The van der Waals surface area contributed by atoms with Gasteiger partial charge in [0.15, 0.2) is 5.69 Å². The fourth-order valence-electron chi connectivity index (χ4n) is 4.42. The van der Waals surface area contributed by atoms with Gasteiger partial charge in [0.25, 0.3) is 5.91 Å². The molecule has 3 aromatic rings. The molecule has 2 aliphatic heterocycles. The Kier molecular flexibility index (Phi) is 5.68. The van der Waals surface area contributed by atoms with Crippen molar-refractivity contribution in [2.24, 2.45) is 0 Å². The third-order valence-corrected chi connectivity index (χ3v) is 6.21. The van der Waals surface area contributed by atoms with E-state index in [0.29, 0.717) is 31.9 Å². The Bertz CT molecular complexity index is 1260. The van der Waals surface area contributed by atoms with E-state index in [9.17, 15) is 14.0 Å². The summed E-state index contributed by atoms with van der Waals surface area (Å²) in [6.07, 6.45) is 0.944. The molecule has 0 aliphatic carbocycles. The molecule has 0 unspecified atom stereocenters. The summed E-state index contributed by atoms with van der Waals surface area (Å²) in [5.74, 6) is 0.0853. The Morgan fingerprint density at radius 1 is 1.09 bits per heavy atom. The Labute approximate surface area is 191 Å². The van der Waals surface area contributed by atoms with E-state index in [4.69, 9.17) is 4.74 Å². The highest BCUT2D eigenvalue weighted by molar-refractivity contribution is 5.92. The van der Waals surface area contributed by atoms with Crippen LogP contribution in [0.1, 0.15) is 27.3 Å². The van der Waals surface area contributed by atoms with Crippen molar-refractivity contribution in [2.45, 2.75) is 19.9 Å². The lowest BCUT2D eigenvalue weighted by atomic mass is 10.1. The molecular formula is C25H25FN4O3. The van der Waals surface area contributed by atoms with Crippen LogP contribution in [0.25, 0.3) is 5.69 Å². The van der Waals surface area contributed by atoms with Gasteiger partial charge in [-0.25, -0.2) is 9.07 Å². The van der Waals surface area contributed by atoms with E-state index in [1.807, 2.05) is 6.07 Å². The van der Waals surface area contributed by atoms with Crippen LogP contribution in [-0.4, -0.2) is 58.3 Å². The normalized spacial score (nSPS) is 15.9. The number of aromatic nitrogens is 2. The van der Waals surface area contributed by atoms with Crippen LogP contribution in [0, 0.1) is 12.7 Å². The topological polar surface area (TPSA) is 67.7 Å². The zero-order chi connectivity index (χ0) is 22.9. The van der Waals surface area contributed by atoms with Gasteiger partial charge in [0.05, 0.1) is 6.61 Å². The number of nitrogens with zero attached hydrogens (tertiary/aromatic N) is 4. The molecule has 0 spiro atoms. The average Bonchev–Trinajstić information content (AvgIpc) is 3.28. The van der Waals surface area contributed by atoms with Crippen molar-refractivity contribution < 1.29 is 13.9 Å². The van der Waals surface area contributed by atoms with Gasteiger partial charge in [0.2, 0.25) is 5.43 Å².